The van der Waals surface area contributed by atoms with Crippen molar-refractivity contribution in [2.24, 2.45) is 0 Å². The number of carboxylic acid groups (broad SMARTS) is 1. The van der Waals surface area contributed by atoms with E-state index >= 15 is 0 Å². The van der Waals surface area contributed by atoms with Crippen LogP contribution in [0, 0.1) is 0 Å². The number of imide groups is 1. The van der Waals surface area contributed by atoms with Crippen molar-refractivity contribution in [1.82, 2.24) is 4.90 Å². The fraction of sp³-hybridized carbons (Fsp3) is 0.278. The Morgan fingerprint density at radius 1 is 1.10 bits per heavy atom. The second kappa shape index (κ2) is 8.68. The number of rotatable bonds is 5. The molecule has 2 aromatic carbocycles. The van der Waals surface area contributed by atoms with Gasteiger partial charge in [-0.2, -0.15) is 13.2 Å². The summed E-state index contributed by atoms with van der Waals surface area (Å²) in [6.45, 7) is -0.522. The van der Waals surface area contributed by atoms with Gasteiger partial charge in [-0.25, -0.2) is 9.69 Å². The second-order valence-corrected chi connectivity index (χ2v) is 6.58. The molecule has 0 spiro atoms. The van der Waals surface area contributed by atoms with Gasteiger partial charge in [-0.05, 0) is 44.9 Å². The Balaban J connectivity index is 2.73. The summed E-state index contributed by atoms with van der Waals surface area (Å²) in [5.74, 6) is -2.71. The molecule has 11 heteroatoms. The molecule has 2 rings (SSSR count). The van der Waals surface area contributed by atoms with Crippen LogP contribution in [0.25, 0.3) is 10.8 Å². The maximum absolute atomic E-state index is 13.6. The number of ether oxygens (including phenoxy) is 2. The highest BCUT2D eigenvalue weighted by molar-refractivity contribution is 9.10. The molecule has 0 aliphatic rings. The van der Waals surface area contributed by atoms with Gasteiger partial charge in [0.1, 0.15) is 11.3 Å². The predicted molar refractivity (Wildman–Crippen MR) is 98.9 cm³/mol. The number of carbonyl (C=O) groups excluding carboxylic acids is 2. The third-order valence-corrected chi connectivity index (χ3v) is 4.68. The summed E-state index contributed by atoms with van der Waals surface area (Å²) in [6.07, 6.45) is -6.47. The van der Waals surface area contributed by atoms with Crippen LogP contribution in [0.3, 0.4) is 0 Å². The molecule has 0 aliphatic carbocycles. The number of alkyl halides is 3. The lowest BCUT2D eigenvalue weighted by molar-refractivity contribution is -0.138. The first-order valence-electron chi connectivity index (χ1n) is 8.01. The summed E-state index contributed by atoms with van der Waals surface area (Å²) in [5.41, 5.74) is -1.32. The van der Waals surface area contributed by atoms with Crippen LogP contribution in [0.15, 0.2) is 28.7 Å². The highest BCUT2D eigenvalue weighted by Crippen LogP contribution is 2.43. The van der Waals surface area contributed by atoms with E-state index in [1.54, 1.807) is 0 Å². The summed E-state index contributed by atoms with van der Waals surface area (Å²) < 4.78 is 50.3. The smallest absolute Gasteiger partial charge is 0.420 e. The van der Waals surface area contributed by atoms with E-state index in [1.807, 2.05) is 0 Å². The molecule has 0 unspecified atom stereocenters. The molecule has 0 saturated carbocycles. The summed E-state index contributed by atoms with van der Waals surface area (Å²) in [7, 11) is 2.08. The van der Waals surface area contributed by atoms with E-state index in [-0.39, 0.29) is 20.8 Å². The molecule has 2 amide bonds. The van der Waals surface area contributed by atoms with Gasteiger partial charge in [0.2, 0.25) is 0 Å². The third-order valence-electron chi connectivity index (χ3n) is 4.02. The first-order chi connectivity index (χ1) is 13.5. The lowest BCUT2D eigenvalue weighted by Gasteiger charge is -2.21. The van der Waals surface area contributed by atoms with E-state index in [9.17, 15) is 27.6 Å². The van der Waals surface area contributed by atoms with Gasteiger partial charge >= 0.3 is 18.2 Å². The van der Waals surface area contributed by atoms with Crippen molar-refractivity contribution < 1.29 is 42.1 Å². The van der Waals surface area contributed by atoms with Gasteiger partial charge in [-0.1, -0.05) is 6.07 Å². The van der Waals surface area contributed by atoms with Crippen molar-refractivity contribution in [3.8, 4) is 5.75 Å². The van der Waals surface area contributed by atoms with Gasteiger partial charge in [0.25, 0.3) is 5.91 Å². The average molecular weight is 478 g/mol. The quantitative estimate of drug-likeness (QED) is 0.689. The van der Waals surface area contributed by atoms with Crippen LogP contribution in [0.2, 0.25) is 0 Å². The molecule has 29 heavy (non-hydrogen) atoms. The largest absolute Gasteiger partial charge is 0.496 e. The normalized spacial score (nSPS) is 11.2. The van der Waals surface area contributed by atoms with Crippen LogP contribution in [0.5, 0.6) is 5.75 Å². The van der Waals surface area contributed by atoms with Crippen molar-refractivity contribution in [2.45, 2.75) is 12.6 Å². The molecule has 1 N–H and O–H groups in total. The number of nitrogens with zero attached hydrogens (tertiary/aromatic N) is 1. The van der Waals surface area contributed by atoms with Gasteiger partial charge in [-0.3, -0.25) is 9.59 Å². The average Bonchev–Trinajstić information content (AvgIpc) is 2.65. The SMILES string of the molecule is COC(=O)N(CCC(=O)O)C(=O)c1c(Br)ccc2c(C(F)(F)F)c(OC)ccc12. The Morgan fingerprint density at radius 2 is 1.72 bits per heavy atom. The first kappa shape index (κ1) is 22.5. The highest BCUT2D eigenvalue weighted by atomic mass is 79.9. The maximum atomic E-state index is 13.6. The molecule has 156 valence electrons. The third kappa shape index (κ3) is 4.61. The number of amides is 2. The molecule has 0 aromatic heterocycles. The molecule has 0 aliphatic heterocycles. The Bertz CT molecular complexity index is 976. The van der Waals surface area contributed by atoms with Crippen LogP contribution >= 0.6 is 15.9 Å². The van der Waals surface area contributed by atoms with E-state index in [1.165, 1.54) is 18.2 Å². The molecule has 0 heterocycles. The molecular weight excluding hydrogens is 463 g/mol. The minimum atomic E-state index is -4.77. The van der Waals surface area contributed by atoms with Crippen LogP contribution in [-0.4, -0.2) is 48.7 Å². The van der Waals surface area contributed by atoms with Crippen molar-refractivity contribution in [1.29, 1.82) is 0 Å². The van der Waals surface area contributed by atoms with Crippen LogP contribution in [0.1, 0.15) is 22.3 Å². The zero-order chi connectivity index (χ0) is 21.9. The Morgan fingerprint density at radius 3 is 2.24 bits per heavy atom. The van der Waals surface area contributed by atoms with E-state index in [2.05, 4.69) is 20.7 Å². The molecule has 0 saturated heterocycles. The Labute approximate surface area is 171 Å². The Hall–Kier alpha value is -2.82. The molecule has 0 atom stereocenters. The number of carboxylic acids is 1. The number of aliphatic carboxylic acids is 1. The van der Waals surface area contributed by atoms with Crippen LogP contribution in [0.4, 0.5) is 18.0 Å². The molecule has 7 nitrogen and oxygen atoms in total. The van der Waals surface area contributed by atoms with Crippen molar-refractivity contribution >= 4 is 44.7 Å². The molecule has 0 radical (unpaired) electrons. The van der Waals surface area contributed by atoms with Crippen LogP contribution in [-0.2, 0) is 15.7 Å². The monoisotopic (exact) mass is 477 g/mol. The van der Waals surface area contributed by atoms with Gasteiger partial charge in [-0.15, -0.1) is 0 Å². The second-order valence-electron chi connectivity index (χ2n) is 5.73. The molecule has 0 fully saturated rings. The summed E-state index contributed by atoms with van der Waals surface area (Å²) in [6, 6.07) is 4.72. The van der Waals surface area contributed by atoms with E-state index in [0.717, 1.165) is 20.3 Å². The van der Waals surface area contributed by atoms with Gasteiger partial charge in [0.15, 0.2) is 0 Å². The molecular formula is C18H15BrF3NO6. The zero-order valence-corrected chi connectivity index (χ0v) is 16.8. The lowest BCUT2D eigenvalue weighted by atomic mass is 9.98. The van der Waals surface area contributed by atoms with Gasteiger partial charge in [0.05, 0.1) is 26.2 Å². The van der Waals surface area contributed by atoms with Crippen molar-refractivity contribution in [3.63, 3.8) is 0 Å². The molecule has 2 aromatic rings. The zero-order valence-electron chi connectivity index (χ0n) is 15.2. The number of halogens is 4. The number of benzene rings is 2. The van der Waals surface area contributed by atoms with Crippen molar-refractivity contribution in [3.05, 3.63) is 39.9 Å². The highest BCUT2D eigenvalue weighted by Gasteiger charge is 2.37. The minimum Gasteiger partial charge on any atom is -0.496 e. The lowest BCUT2D eigenvalue weighted by Crippen LogP contribution is -2.38. The van der Waals surface area contributed by atoms with E-state index < -0.39 is 48.4 Å². The number of carbonyl (C=O) groups is 3. The summed E-state index contributed by atoms with van der Waals surface area (Å²) in [4.78, 5) is 36.3. The number of methoxy groups -OCH3 is 2. The summed E-state index contributed by atoms with van der Waals surface area (Å²) in [5, 5.41) is 8.43. The number of fused-ring (bicyclic) bond motifs is 1. The maximum Gasteiger partial charge on any atom is 0.420 e. The van der Waals surface area contributed by atoms with Crippen molar-refractivity contribution in [2.75, 3.05) is 20.8 Å². The van der Waals surface area contributed by atoms with Gasteiger partial charge in [0, 0.05) is 11.0 Å². The summed E-state index contributed by atoms with van der Waals surface area (Å²) >= 11 is 3.12. The van der Waals surface area contributed by atoms with E-state index in [4.69, 9.17) is 9.84 Å². The fourth-order valence-corrected chi connectivity index (χ4v) is 3.28. The Kier molecular flexibility index (Phi) is 6.73. The topological polar surface area (TPSA) is 93.1 Å². The van der Waals surface area contributed by atoms with Crippen LogP contribution < -0.4 is 4.74 Å². The standard InChI is InChI=1S/C18H15BrF3NO6/c1-28-12-6-4-9-10(15(12)18(20,21)22)3-5-11(19)14(9)16(26)23(17(27)29-2)8-7-13(24)25/h3-6H,7-8H2,1-2H3,(H,24,25). The van der Waals surface area contributed by atoms with E-state index in [0.29, 0.717) is 4.90 Å². The fourth-order valence-electron chi connectivity index (χ4n) is 2.77. The molecule has 0 bridgehead atoms. The predicted octanol–water partition coefficient (Wildman–Crippen LogP) is 4.31. The number of hydrogen-bond donors (Lipinski definition) is 1. The number of hydrogen-bond acceptors (Lipinski definition) is 5. The van der Waals surface area contributed by atoms with Gasteiger partial charge < -0.3 is 14.6 Å². The minimum absolute atomic E-state index is 0.0956. The first-order valence-corrected chi connectivity index (χ1v) is 8.80.